The van der Waals surface area contributed by atoms with Crippen LogP contribution in [0.2, 0.25) is 0 Å². The van der Waals surface area contributed by atoms with Crippen molar-refractivity contribution >= 4 is 23.2 Å². The zero-order chi connectivity index (χ0) is 16.8. The fourth-order valence-corrected chi connectivity index (χ4v) is 2.05. The van der Waals surface area contributed by atoms with Gasteiger partial charge in [0, 0.05) is 5.69 Å². The summed E-state index contributed by atoms with van der Waals surface area (Å²) >= 11 is 0. The van der Waals surface area contributed by atoms with Crippen LogP contribution in [-0.4, -0.2) is 11.8 Å². The molecule has 0 unspecified atom stereocenters. The summed E-state index contributed by atoms with van der Waals surface area (Å²) < 4.78 is 0. The van der Waals surface area contributed by atoms with E-state index in [0.29, 0.717) is 16.9 Å². The summed E-state index contributed by atoms with van der Waals surface area (Å²) in [4.78, 5) is 23.8. The van der Waals surface area contributed by atoms with Gasteiger partial charge in [0.25, 0.3) is 0 Å². The van der Waals surface area contributed by atoms with Crippen molar-refractivity contribution in [3.63, 3.8) is 0 Å². The molecule has 0 atom stereocenters. The molecule has 2 aromatic carbocycles. The van der Waals surface area contributed by atoms with Crippen molar-refractivity contribution in [2.75, 3.05) is 10.6 Å². The zero-order valence-electron chi connectivity index (χ0n) is 13.0. The minimum atomic E-state index is -0.464. The van der Waals surface area contributed by atoms with Crippen molar-refractivity contribution in [2.24, 2.45) is 0 Å². The van der Waals surface area contributed by atoms with Crippen LogP contribution in [0, 0.1) is 25.2 Å². The Kier molecular flexibility index (Phi) is 5.11. The predicted octanol–water partition coefficient (Wildman–Crippen LogP) is 3.14. The summed E-state index contributed by atoms with van der Waals surface area (Å²) in [7, 11) is 0. The first-order chi connectivity index (χ1) is 11.0. The number of amides is 2. The highest BCUT2D eigenvalue weighted by Crippen LogP contribution is 2.15. The van der Waals surface area contributed by atoms with Crippen molar-refractivity contribution in [2.45, 2.75) is 20.3 Å². The normalized spacial score (nSPS) is 9.78. The SMILES string of the molecule is Cc1ccc(NC(=O)CC(=O)Nc2ccccc2C#N)cc1C. The lowest BCUT2D eigenvalue weighted by molar-refractivity contribution is -0.123. The lowest BCUT2D eigenvalue weighted by Crippen LogP contribution is -2.21. The summed E-state index contributed by atoms with van der Waals surface area (Å²) in [5, 5.41) is 14.2. The van der Waals surface area contributed by atoms with Gasteiger partial charge in [-0.2, -0.15) is 5.26 Å². The number of rotatable bonds is 4. The van der Waals surface area contributed by atoms with Gasteiger partial charge in [-0.05, 0) is 49.2 Å². The molecule has 0 aliphatic rings. The highest BCUT2D eigenvalue weighted by atomic mass is 16.2. The molecule has 0 bridgehead atoms. The van der Waals surface area contributed by atoms with Crippen LogP contribution in [0.4, 0.5) is 11.4 Å². The summed E-state index contributed by atoms with van der Waals surface area (Å²) in [6.45, 7) is 3.94. The Morgan fingerprint density at radius 3 is 2.39 bits per heavy atom. The molecule has 5 nitrogen and oxygen atoms in total. The van der Waals surface area contributed by atoms with Gasteiger partial charge in [-0.15, -0.1) is 0 Å². The fraction of sp³-hybridized carbons (Fsp3) is 0.167. The number of benzene rings is 2. The van der Waals surface area contributed by atoms with Crippen LogP contribution in [0.3, 0.4) is 0 Å². The maximum atomic E-state index is 11.9. The van der Waals surface area contributed by atoms with Gasteiger partial charge >= 0.3 is 0 Å². The summed E-state index contributed by atoms with van der Waals surface area (Å²) in [6.07, 6.45) is -0.313. The average molecular weight is 307 g/mol. The minimum absolute atomic E-state index is 0.313. The lowest BCUT2D eigenvalue weighted by Gasteiger charge is -2.09. The molecule has 2 aromatic rings. The van der Waals surface area contributed by atoms with E-state index in [1.54, 1.807) is 30.3 Å². The Labute approximate surface area is 134 Å². The third-order valence-corrected chi connectivity index (χ3v) is 3.43. The third-order valence-electron chi connectivity index (χ3n) is 3.43. The van der Waals surface area contributed by atoms with Gasteiger partial charge in [0.15, 0.2) is 0 Å². The molecule has 0 radical (unpaired) electrons. The van der Waals surface area contributed by atoms with Crippen LogP contribution in [0.5, 0.6) is 0 Å². The molecule has 0 saturated carbocycles. The van der Waals surface area contributed by atoms with Crippen LogP contribution in [0.1, 0.15) is 23.1 Å². The van der Waals surface area contributed by atoms with Gasteiger partial charge in [-0.3, -0.25) is 9.59 Å². The second-order valence-corrected chi connectivity index (χ2v) is 5.23. The maximum Gasteiger partial charge on any atom is 0.233 e. The molecule has 0 saturated heterocycles. The van der Waals surface area contributed by atoms with E-state index >= 15 is 0 Å². The molecule has 0 fully saturated rings. The lowest BCUT2D eigenvalue weighted by atomic mass is 10.1. The van der Waals surface area contributed by atoms with E-state index in [2.05, 4.69) is 10.6 Å². The van der Waals surface area contributed by atoms with E-state index in [9.17, 15) is 9.59 Å². The average Bonchev–Trinajstić information content (AvgIpc) is 2.51. The largest absolute Gasteiger partial charge is 0.326 e. The molecule has 0 aromatic heterocycles. The van der Waals surface area contributed by atoms with Gasteiger partial charge in [0.05, 0.1) is 11.3 Å². The fourth-order valence-electron chi connectivity index (χ4n) is 2.05. The Balaban J connectivity index is 1.96. The number of nitrogens with zero attached hydrogens (tertiary/aromatic N) is 1. The van der Waals surface area contributed by atoms with Crippen molar-refractivity contribution in [3.05, 3.63) is 59.2 Å². The molecule has 5 heteroatoms. The van der Waals surface area contributed by atoms with Gasteiger partial charge < -0.3 is 10.6 Å². The molecular formula is C18H17N3O2. The number of carbonyl (C=O) groups is 2. The number of hydrogen-bond donors (Lipinski definition) is 2. The second kappa shape index (κ2) is 7.23. The van der Waals surface area contributed by atoms with Crippen molar-refractivity contribution in [1.82, 2.24) is 0 Å². The van der Waals surface area contributed by atoms with Crippen molar-refractivity contribution < 1.29 is 9.59 Å². The molecule has 0 heterocycles. The molecule has 0 aliphatic carbocycles. The van der Waals surface area contributed by atoms with Crippen LogP contribution in [0.25, 0.3) is 0 Å². The number of anilines is 2. The van der Waals surface area contributed by atoms with Gasteiger partial charge in [0.2, 0.25) is 11.8 Å². The van der Waals surface area contributed by atoms with E-state index in [4.69, 9.17) is 5.26 Å². The van der Waals surface area contributed by atoms with Crippen LogP contribution < -0.4 is 10.6 Å². The maximum absolute atomic E-state index is 11.9. The number of nitriles is 1. The Morgan fingerprint density at radius 2 is 1.70 bits per heavy atom. The van der Waals surface area contributed by atoms with E-state index in [-0.39, 0.29) is 6.42 Å². The Morgan fingerprint density at radius 1 is 1.00 bits per heavy atom. The molecule has 116 valence electrons. The van der Waals surface area contributed by atoms with Crippen molar-refractivity contribution in [3.8, 4) is 6.07 Å². The minimum Gasteiger partial charge on any atom is -0.326 e. The van der Waals surface area contributed by atoms with Crippen LogP contribution in [0.15, 0.2) is 42.5 Å². The highest BCUT2D eigenvalue weighted by molar-refractivity contribution is 6.08. The number of nitrogens with one attached hydrogen (secondary N) is 2. The third kappa shape index (κ3) is 4.42. The first-order valence-corrected chi connectivity index (χ1v) is 7.15. The topological polar surface area (TPSA) is 82.0 Å². The smallest absolute Gasteiger partial charge is 0.233 e. The number of aryl methyl sites for hydroxylation is 2. The van der Waals surface area contributed by atoms with E-state index in [1.165, 1.54) is 0 Å². The summed E-state index contributed by atoms with van der Waals surface area (Å²) in [5.41, 5.74) is 3.61. The quantitative estimate of drug-likeness (QED) is 0.851. The number of carbonyl (C=O) groups excluding carboxylic acids is 2. The zero-order valence-corrected chi connectivity index (χ0v) is 13.0. The highest BCUT2D eigenvalue weighted by Gasteiger charge is 2.12. The van der Waals surface area contributed by atoms with E-state index in [0.717, 1.165) is 11.1 Å². The van der Waals surface area contributed by atoms with E-state index < -0.39 is 11.8 Å². The number of para-hydroxylation sites is 1. The van der Waals surface area contributed by atoms with Gasteiger partial charge in [0.1, 0.15) is 12.5 Å². The standard InChI is InChI=1S/C18H17N3O2/c1-12-7-8-15(9-13(12)2)20-17(22)10-18(23)21-16-6-4-3-5-14(16)11-19/h3-9H,10H2,1-2H3,(H,20,22)(H,21,23). The molecule has 0 spiro atoms. The van der Waals surface area contributed by atoms with Crippen molar-refractivity contribution in [1.29, 1.82) is 5.26 Å². The first kappa shape index (κ1) is 16.2. The van der Waals surface area contributed by atoms with Gasteiger partial charge in [-0.25, -0.2) is 0 Å². The molecule has 2 N–H and O–H groups in total. The molecule has 23 heavy (non-hydrogen) atoms. The molecule has 2 rings (SSSR count). The van der Waals surface area contributed by atoms with Crippen LogP contribution in [-0.2, 0) is 9.59 Å². The monoisotopic (exact) mass is 307 g/mol. The molecule has 2 amide bonds. The Hall–Kier alpha value is -3.13. The Bertz CT molecular complexity index is 791. The molecule has 0 aliphatic heterocycles. The second-order valence-electron chi connectivity index (χ2n) is 5.23. The van der Waals surface area contributed by atoms with E-state index in [1.807, 2.05) is 32.0 Å². The number of hydrogen-bond acceptors (Lipinski definition) is 3. The predicted molar refractivity (Wildman–Crippen MR) is 88.9 cm³/mol. The molecular weight excluding hydrogens is 290 g/mol. The first-order valence-electron chi connectivity index (χ1n) is 7.15. The summed E-state index contributed by atoms with van der Waals surface area (Å²) in [6, 6.07) is 14.2. The summed E-state index contributed by atoms with van der Waals surface area (Å²) in [5.74, 6) is -0.866. The van der Waals surface area contributed by atoms with Gasteiger partial charge in [-0.1, -0.05) is 18.2 Å². The van der Waals surface area contributed by atoms with Crippen LogP contribution >= 0.6 is 0 Å².